The molecule has 0 spiro atoms. The molecule has 0 bridgehead atoms. The molecule has 0 radical (unpaired) electrons. The highest BCUT2D eigenvalue weighted by molar-refractivity contribution is 5.93. The molecular formula is C24H25F3N4. The van der Waals surface area contributed by atoms with Gasteiger partial charge in [0.1, 0.15) is 11.6 Å². The topological polar surface area (TPSA) is 63.8 Å². The molecule has 0 unspecified atom stereocenters. The molecule has 3 aromatic rings. The standard InChI is InChI=1S/C24H25F3N4/c1-12(15-8-16(24(25,26)27)10-17(28)9-15)29-23-21-11-20(14-6-7-14)18-4-3-5-19(18)22(21)30-13(2)31-23/h8-12,14H,3-7,28H2,1-2H3,(H,29,30,31)/t12-/m1/s1. The summed E-state index contributed by atoms with van der Waals surface area (Å²) in [5.74, 6) is 1.94. The summed E-state index contributed by atoms with van der Waals surface area (Å²) < 4.78 is 39.8. The van der Waals surface area contributed by atoms with Gasteiger partial charge >= 0.3 is 6.18 Å². The van der Waals surface area contributed by atoms with Crippen molar-refractivity contribution in [1.82, 2.24) is 9.97 Å². The van der Waals surface area contributed by atoms with E-state index in [4.69, 9.17) is 10.7 Å². The molecule has 1 fully saturated rings. The summed E-state index contributed by atoms with van der Waals surface area (Å²) >= 11 is 0. The zero-order chi connectivity index (χ0) is 21.9. The van der Waals surface area contributed by atoms with Crippen LogP contribution >= 0.6 is 0 Å². The van der Waals surface area contributed by atoms with E-state index in [-0.39, 0.29) is 5.69 Å². The van der Waals surface area contributed by atoms with Crippen LogP contribution in [0.2, 0.25) is 0 Å². The number of anilines is 2. The Balaban J connectivity index is 1.58. The van der Waals surface area contributed by atoms with Gasteiger partial charge in [-0.25, -0.2) is 9.97 Å². The predicted molar refractivity (Wildman–Crippen MR) is 116 cm³/mol. The van der Waals surface area contributed by atoms with Gasteiger partial charge in [0.2, 0.25) is 0 Å². The lowest BCUT2D eigenvalue weighted by Crippen LogP contribution is -2.13. The van der Waals surface area contributed by atoms with Crippen molar-refractivity contribution in [2.45, 2.75) is 64.1 Å². The molecule has 7 heteroatoms. The summed E-state index contributed by atoms with van der Waals surface area (Å²) in [5.41, 5.74) is 10.8. The summed E-state index contributed by atoms with van der Waals surface area (Å²) in [6.45, 7) is 3.68. The summed E-state index contributed by atoms with van der Waals surface area (Å²) in [6.07, 6.45) is 1.24. The molecule has 1 heterocycles. The number of nitrogen functional groups attached to an aromatic ring is 1. The zero-order valence-corrected chi connectivity index (χ0v) is 17.6. The molecule has 5 rings (SSSR count). The minimum Gasteiger partial charge on any atom is -0.399 e. The fraction of sp³-hybridized carbons (Fsp3) is 0.417. The molecule has 162 valence electrons. The molecule has 1 saturated carbocycles. The van der Waals surface area contributed by atoms with Crippen molar-refractivity contribution in [3.05, 3.63) is 57.9 Å². The number of aromatic nitrogens is 2. The zero-order valence-electron chi connectivity index (χ0n) is 17.6. The highest BCUT2D eigenvalue weighted by Gasteiger charge is 2.32. The summed E-state index contributed by atoms with van der Waals surface area (Å²) in [4.78, 5) is 9.38. The van der Waals surface area contributed by atoms with Crippen molar-refractivity contribution in [3.63, 3.8) is 0 Å². The molecule has 0 saturated heterocycles. The van der Waals surface area contributed by atoms with Crippen LogP contribution in [0.5, 0.6) is 0 Å². The van der Waals surface area contributed by atoms with Crippen LogP contribution in [0.4, 0.5) is 24.7 Å². The first kappa shape index (κ1) is 20.1. The van der Waals surface area contributed by atoms with Crippen LogP contribution in [0.1, 0.15) is 71.8 Å². The highest BCUT2D eigenvalue weighted by atomic mass is 19.4. The lowest BCUT2D eigenvalue weighted by molar-refractivity contribution is -0.137. The van der Waals surface area contributed by atoms with Gasteiger partial charge in [0, 0.05) is 11.1 Å². The molecule has 0 amide bonds. The largest absolute Gasteiger partial charge is 0.416 e. The molecule has 1 aromatic heterocycles. The maximum Gasteiger partial charge on any atom is 0.416 e. The molecule has 31 heavy (non-hydrogen) atoms. The van der Waals surface area contributed by atoms with Crippen LogP contribution in [-0.4, -0.2) is 9.97 Å². The van der Waals surface area contributed by atoms with Crippen LogP contribution in [0.3, 0.4) is 0 Å². The number of benzene rings is 2. The molecule has 0 aliphatic heterocycles. The minimum absolute atomic E-state index is 0.0936. The molecule has 2 aliphatic carbocycles. The number of rotatable bonds is 4. The number of nitrogens with zero attached hydrogens (tertiary/aromatic N) is 2. The number of nitrogens with two attached hydrogens (primary N) is 1. The number of aryl methyl sites for hydroxylation is 2. The molecule has 3 N–H and O–H groups in total. The monoisotopic (exact) mass is 426 g/mol. The van der Waals surface area contributed by atoms with Crippen molar-refractivity contribution in [1.29, 1.82) is 0 Å². The SMILES string of the molecule is Cc1nc(N[C@H](C)c2cc(N)cc(C(F)(F)F)c2)c2cc(C3CC3)c3c(c2n1)CCC3. The van der Waals surface area contributed by atoms with Gasteiger partial charge in [-0.05, 0) is 98.4 Å². The van der Waals surface area contributed by atoms with Gasteiger partial charge in [-0.15, -0.1) is 0 Å². The quantitative estimate of drug-likeness (QED) is 0.497. The van der Waals surface area contributed by atoms with Gasteiger partial charge in [0.05, 0.1) is 17.1 Å². The van der Waals surface area contributed by atoms with E-state index in [0.29, 0.717) is 23.1 Å². The fourth-order valence-corrected chi connectivity index (χ4v) is 4.76. The Morgan fingerprint density at radius 3 is 2.52 bits per heavy atom. The van der Waals surface area contributed by atoms with Crippen molar-refractivity contribution >= 4 is 22.4 Å². The first-order chi connectivity index (χ1) is 14.7. The van der Waals surface area contributed by atoms with Crippen LogP contribution in [-0.2, 0) is 19.0 Å². The Bertz CT molecular complexity index is 1180. The van der Waals surface area contributed by atoms with Gasteiger partial charge < -0.3 is 11.1 Å². The van der Waals surface area contributed by atoms with Gasteiger partial charge in [-0.3, -0.25) is 0 Å². The second kappa shape index (κ2) is 7.11. The number of fused-ring (bicyclic) bond motifs is 3. The Kier molecular flexibility index (Phi) is 4.61. The molecule has 4 nitrogen and oxygen atoms in total. The molecule has 2 aromatic carbocycles. The Morgan fingerprint density at radius 2 is 1.81 bits per heavy atom. The third-order valence-corrected chi connectivity index (χ3v) is 6.38. The van der Waals surface area contributed by atoms with E-state index in [1.807, 2.05) is 13.8 Å². The van der Waals surface area contributed by atoms with Gasteiger partial charge in [-0.1, -0.05) is 0 Å². The fourth-order valence-electron chi connectivity index (χ4n) is 4.76. The van der Waals surface area contributed by atoms with Crippen molar-refractivity contribution in [3.8, 4) is 0 Å². The van der Waals surface area contributed by atoms with E-state index < -0.39 is 17.8 Å². The third kappa shape index (κ3) is 3.70. The number of halogens is 3. The number of hydrogen-bond acceptors (Lipinski definition) is 4. The van der Waals surface area contributed by atoms with Crippen LogP contribution in [0.15, 0.2) is 24.3 Å². The summed E-state index contributed by atoms with van der Waals surface area (Å²) in [6, 6.07) is 5.51. The average Bonchev–Trinajstić information content (AvgIpc) is 3.41. The number of hydrogen-bond donors (Lipinski definition) is 2. The maximum atomic E-state index is 13.3. The van der Waals surface area contributed by atoms with Gasteiger partial charge in [0.25, 0.3) is 0 Å². The molecular weight excluding hydrogens is 401 g/mol. The van der Waals surface area contributed by atoms with E-state index in [1.54, 1.807) is 6.07 Å². The summed E-state index contributed by atoms with van der Waals surface area (Å²) in [7, 11) is 0. The van der Waals surface area contributed by atoms with Gasteiger partial charge in [-0.2, -0.15) is 13.2 Å². The lowest BCUT2D eigenvalue weighted by Gasteiger charge is -2.20. The van der Waals surface area contributed by atoms with E-state index in [1.165, 1.54) is 29.5 Å². The number of nitrogens with one attached hydrogen (secondary N) is 1. The van der Waals surface area contributed by atoms with E-state index in [0.717, 1.165) is 42.3 Å². The van der Waals surface area contributed by atoms with E-state index in [2.05, 4.69) is 16.4 Å². The first-order valence-electron chi connectivity index (χ1n) is 10.8. The average molecular weight is 426 g/mol. The second-order valence-electron chi connectivity index (χ2n) is 8.82. The Labute approximate surface area is 179 Å². The smallest absolute Gasteiger partial charge is 0.399 e. The maximum absolute atomic E-state index is 13.3. The van der Waals surface area contributed by atoms with E-state index in [9.17, 15) is 13.2 Å². The van der Waals surface area contributed by atoms with Gasteiger partial charge in [0.15, 0.2) is 0 Å². The van der Waals surface area contributed by atoms with Crippen molar-refractivity contribution in [2.24, 2.45) is 0 Å². The van der Waals surface area contributed by atoms with E-state index >= 15 is 0 Å². The van der Waals surface area contributed by atoms with Crippen molar-refractivity contribution in [2.75, 3.05) is 11.1 Å². The number of alkyl halides is 3. The third-order valence-electron chi connectivity index (χ3n) is 6.38. The highest BCUT2D eigenvalue weighted by Crippen LogP contribution is 2.47. The normalized spacial score (nSPS) is 17.1. The second-order valence-corrected chi connectivity index (χ2v) is 8.82. The first-order valence-corrected chi connectivity index (χ1v) is 10.8. The lowest BCUT2D eigenvalue weighted by atomic mass is 9.96. The van der Waals surface area contributed by atoms with Crippen LogP contribution in [0.25, 0.3) is 10.9 Å². The Morgan fingerprint density at radius 1 is 1.06 bits per heavy atom. The van der Waals surface area contributed by atoms with Crippen LogP contribution < -0.4 is 11.1 Å². The Hall–Kier alpha value is -2.83. The van der Waals surface area contributed by atoms with Crippen LogP contribution in [0, 0.1) is 6.92 Å². The summed E-state index contributed by atoms with van der Waals surface area (Å²) in [5, 5.41) is 4.31. The van der Waals surface area contributed by atoms with Crippen molar-refractivity contribution < 1.29 is 13.2 Å². The predicted octanol–water partition coefficient (Wildman–Crippen LogP) is 6.08. The molecule has 1 atom stereocenters. The molecule has 2 aliphatic rings. The minimum atomic E-state index is -4.44.